The van der Waals surface area contributed by atoms with Gasteiger partial charge in [-0.15, -0.1) is 5.10 Å². The molecule has 0 atom stereocenters. The minimum atomic E-state index is -2.50. The average Bonchev–Trinajstić information content (AvgIpc) is 3.63. The van der Waals surface area contributed by atoms with E-state index in [1.807, 2.05) is 41.1 Å². The monoisotopic (exact) mass is 591 g/mol. The fraction of sp³-hybridized carbons (Fsp3) is 0.581. The SMILES string of the molecule is CC1(C)OB(c2ccc(Nc3nc(-c4ccc(N5CC6(C5)CC(F)(F)C6)nc4)nn3CCN3CCCC3)cc2)OC1(C)C. The van der Waals surface area contributed by atoms with Crippen molar-refractivity contribution in [1.82, 2.24) is 24.6 Å². The van der Waals surface area contributed by atoms with Crippen LogP contribution in [0.4, 0.5) is 26.2 Å². The smallest absolute Gasteiger partial charge is 0.399 e. The van der Waals surface area contributed by atoms with E-state index in [1.165, 1.54) is 12.8 Å². The quantitative estimate of drug-likeness (QED) is 0.378. The summed E-state index contributed by atoms with van der Waals surface area (Å²) in [6.07, 6.45) is 4.23. The van der Waals surface area contributed by atoms with Crippen LogP contribution in [0.5, 0.6) is 0 Å². The highest BCUT2D eigenvalue weighted by molar-refractivity contribution is 6.62. The molecule has 2 aromatic heterocycles. The number of halogens is 2. The Balaban J connectivity index is 1.06. The largest absolute Gasteiger partial charge is 0.494 e. The second kappa shape index (κ2) is 10.2. The molecule has 0 amide bonds. The van der Waals surface area contributed by atoms with Gasteiger partial charge in [-0.25, -0.2) is 18.4 Å². The molecule has 0 unspecified atom stereocenters. The molecule has 3 aliphatic heterocycles. The Kier molecular flexibility index (Phi) is 6.83. The molecule has 3 saturated heterocycles. The van der Waals surface area contributed by atoms with Crippen LogP contribution in [0.2, 0.25) is 0 Å². The lowest BCUT2D eigenvalue weighted by Crippen LogP contribution is -2.66. The number of nitrogens with one attached hydrogen (secondary N) is 1. The molecule has 9 nitrogen and oxygen atoms in total. The average molecular weight is 592 g/mol. The summed E-state index contributed by atoms with van der Waals surface area (Å²) in [6.45, 7) is 13.3. The van der Waals surface area contributed by atoms with Crippen LogP contribution in [-0.4, -0.2) is 81.6 Å². The van der Waals surface area contributed by atoms with Gasteiger partial charge in [0.25, 0.3) is 0 Å². The number of rotatable bonds is 8. The second-order valence-electron chi connectivity index (χ2n) is 13.8. The van der Waals surface area contributed by atoms with E-state index in [4.69, 9.17) is 19.4 Å². The lowest BCUT2D eigenvalue weighted by molar-refractivity contribution is -0.170. The molecule has 1 aliphatic carbocycles. The van der Waals surface area contributed by atoms with Crippen LogP contribution in [0.3, 0.4) is 0 Å². The van der Waals surface area contributed by atoms with Gasteiger partial charge >= 0.3 is 7.12 Å². The Bertz CT molecular complexity index is 1440. The normalized spacial score (nSPS) is 23.4. The number of likely N-dealkylation sites (tertiary alicyclic amines) is 1. The van der Waals surface area contributed by atoms with E-state index >= 15 is 0 Å². The van der Waals surface area contributed by atoms with Crippen molar-refractivity contribution in [3.8, 4) is 11.4 Å². The van der Waals surface area contributed by atoms with Crippen molar-refractivity contribution in [2.75, 3.05) is 42.9 Å². The Labute approximate surface area is 252 Å². The number of hydrogen-bond donors (Lipinski definition) is 1. The molecule has 4 fully saturated rings. The first-order valence-electron chi connectivity index (χ1n) is 15.4. The van der Waals surface area contributed by atoms with Crippen molar-refractivity contribution < 1.29 is 18.1 Å². The van der Waals surface area contributed by atoms with Gasteiger partial charge in [0.05, 0.1) is 17.7 Å². The minimum absolute atomic E-state index is 0.00956. The van der Waals surface area contributed by atoms with E-state index in [1.54, 1.807) is 6.20 Å². The molecule has 0 radical (unpaired) electrons. The highest BCUT2D eigenvalue weighted by Crippen LogP contribution is 2.57. The van der Waals surface area contributed by atoms with Crippen molar-refractivity contribution in [2.24, 2.45) is 5.41 Å². The Morgan fingerprint density at radius 1 is 0.907 bits per heavy atom. The Hall–Kier alpha value is -3.09. The van der Waals surface area contributed by atoms with Gasteiger partial charge in [-0.2, -0.15) is 4.98 Å². The number of alkyl halides is 2. The zero-order chi connectivity index (χ0) is 30.0. The maximum Gasteiger partial charge on any atom is 0.494 e. The fourth-order valence-corrected chi connectivity index (χ4v) is 6.69. The van der Waals surface area contributed by atoms with Gasteiger partial charge in [0.2, 0.25) is 11.9 Å². The summed E-state index contributed by atoms with van der Waals surface area (Å²) in [6, 6.07) is 12.0. The highest BCUT2D eigenvalue weighted by atomic mass is 19.3. The van der Waals surface area contributed by atoms with Crippen LogP contribution in [0.25, 0.3) is 11.4 Å². The molecule has 3 aromatic rings. The van der Waals surface area contributed by atoms with Crippen LogP contribution in [0, 0.1) is 5.41 Å². The Morgan fingerprint density at radius 2 is 1.58 bits per heavy atom. The van der Waals surface area contributed by atoms with E-state index in [9.17, 15) is 8.78 Å². The first-order valence-corrected chi connectivity index (χ1v) is 15.4. The van der Waals surface area contributed by atoms with Gasteiger partial charge in [0.1, 0.15) is 5.82 Å². The molecule has 0 bridgehead atoms. The maximum atomic E-state index is 13.4. The highest BCUT2D eigenvalue weighted by Gasteiger charge is 2.61. The summed E-state index contributed by atoms with van der Waals surface area (Å²) >= 11 is 0. The number of nitrogens with zero attached hydrogens (tertiary/aromatic N) is 6. The standard InChI is InChI=1S/C31H40BF2N7O2/c1-28(2)29(3,4)43-32(42-28)23-8-10-24(11-9-23)36-27-37-26(38-41(27)16-15-39-13-5-6-14-39)22-7-12-25(35-17-22)40-20-30(21-40)18-31(33,34)19-30/h7-12,17H,5-6,13-16,18-21H2,1-4H3,(H,36,37,38). The molecule has 7 rings (SSSR count). The van der Waals surface area contributed by atoms with E-state index in [2.05, 4.69) is 47.8 Å². The molecule has 1 aromatic carbocycles. The van der Waals surface area contributed by atoms with Crippen LogP contribution in [0.1, 0.15) is 53.4 Å². The molecule has 43 heavy (non-hydrogen) atoms. The van der Waals surface area contributed by atoms with Crippen molar-refractivity contribution in [3.05, 3.63) is 42.6 Å². The zero-order valence-electron chi connectivity index (χ0n) is 25.4. The molecule has 5 heterocycles. The third-order valence-corrected chi connectivity index (χ3v) is 9.84. The van der Waals surface area contributed by atoms with Gasteiger partial charge in [0, 0.05) is 55.3 Å². The molecule has 12 heteroatoms. The predicted molar refractivity (Wildman–Crippen MR) is 163 cm³/mol. The third-order valence-electron chi connectivity index (χ3n) is 9.84. The molecule has 1 N–H and O–H groups in total. The number of anilines is 3. The lowest BCUT2D eigenvalue weighted by atomic mass is 9.61. The molecule has 1 spiro atoms. The van der Waals surface area contributed by atoms with Gasteiger partial charge in [0.15, 0.2) is 5.82 Å². The second-order valence-corrected chi connectivity index (χ2v) is 13.8. The summed E-state index contributed by atoms with van der Waals surface area (Å²) in [4.78, 5) is 14.0. The van der Waals surface area contributed by atoms with Crippen LogP contribution >= 0.6 is 0 Å². The van der Waals surface area contributed by atoms with Gasteiger partial charge in [-0.05, 0) is 83.4 Å². The molecule has 4 aliphatic rings. The summed E-state index contributed by atoms with van der Waals surface area (Å²) in [5, 5.41) is 8.32. The minimum Gasteiger partial charge on any atom is -0.399 e. The summed E-state index contributed by atoms with van der Waals surface area (Å²) in [5.74, 6) is -0.435. The topological polar surface area (TPSA) is 80.6 Å². The van der Waals surface area contributed by atoms with Crippen LogP contribution in [0.15, 0.2) is 42.6 Å². The molecule has 1 saturated carbocycles. The maximum absolute atomic E-state index is 13.4. The van der Waals surface area contributed by atoms with Crippen LogP contribution in [-0.2, 0) is 15.9 Å². The number of benzene rings is 1. The van der Waals surface area contributed by atoms with Gasteiger partial charge in [-0.1, -0.05) is 12.1 Å². The van der Waals surface area contributed by atoms with Crippen molar-refractivity contribution in [1.29, 1.82) is 0 Å². The fourth-order valence-electron chi connectivity index (χ4n) is 6.69. The first kappa shape index (κ1) is 28.7. The van der Waals surface area contributed by atoms with E-state index < -0.39 is 24.2 Å². The Morgan fingerprint density at radius 3 is 2.19 bits per heavy atom. The summed E-state index contributed by atoms with van der Waals surface area (Å²) in [7, 11) is -0.415. The number of hydrogen-bond acceptors (Lipinski definition) is 8. The molecule has 228 valence electrons. The van der Waals surface area contributed by atoms with E-state index in [-0.39, 0.29) is 18.3 Å². The first-order chi connectivity index (χ1) is 20.4. The summed E-state index contributed by atoms with van der Waals surface area (Å²) in [5.41, 5.74) is 1.65. The van der Waals surface area contributed by atoms with Gasteiger partial charge < -0.3 is 24.4 Å². The van der Waals surface area contributed by atoms with Crippen molar-refractivity contribution >= 4 is 30.0 Å². The molecular weight excluding hydrogens is 551 g/mol. The number of aromatic nitrogens is 4. The van der Waals surface area contributed by atoms with E-state index in [0.29, 0.717) is 31.4 Å². The van der Waals surface area contributed by atoms with Crippen molar-refractivity contribution in [2.45, 2.75) is 77.0 Å². The van der Waals surface area contributed by atoms with Crippen LogP contribution < -0.4 is 15.7 Å². The third kappa shape index (κ3) is 5.53. The lowest BCUT2D eigenvalue weighted by Gasteiger charge is -2.59. The van der Waals surface area contributed by atoms with Crippen molar-refractivity contribution in [3.63, 3.8) is 0 Å². The zero-order valence-corrected chi connectivity index (χ0v) is 25.4. The summed E-state index contributed by atoms with van der Waals surface area (Å²) < 4.78 is 41.2. The predicted octanol–water partition coefficient (Wildman–Crippen LogP) is 4.71. The molecular formula is C31H40BF2N7O2. The van der Waals surface area contributed by atoms with Gasteiger partial charge in [-0.3, -0.25) is 0 Å². The number of pyridine rings is 1. The van der Waals surface area contributed by atoms with E-state index in [0.717, 1.165) is 42.2 Å².